The lowest BCUT2D eigenvalue weighted by atomic mass is 9.86. The van der Waals surface area contributed by atoms with Crippen molar-refractivity contribution in [2.75, 3.05) is 0 Å². The summed E-state index contributed by atoms with van der Waals surface area (Å²) in [5.41, 5.74) is 3.19. The summed E-state index contributed by atoms with van der Waals surface area (Å²) in [6.45, 7) is 6.37. The van der Waals surface area contributed by atoms with Crippen LogP contribution in [0.25, 0.3) is 10.9 Å². The molecule has 0 radical (unpaired) electrons. The van der Waals surface area contributed by atoms with Gasteiger partial charge in [-0.1, -0.05) is 63.2 Å². The fourth-order valence-electron chi connectivity index (χ4n) is 3.01. The molecule has 0 bridgehead atoms. The third-order valence-corrected chi connectivity index (χ3v) is 4.72. The predicted octanol–water partition coefficient (Wildman–Crippen LogP) is 3.96. The normalized spacial score (nSPS) is 12.5. The third-order valence-electron chi connectivity index (χ3n) is 4.72. The largest absolute Gasteiger partial charge is 0.480 e. The molecule has 3 rings (SSSR count). The minimum absolute atomic E-state index is 0.0298. The minimum Gasteiger partial charge on any atom is -0.480 e. The quantitative estimate of drug-likeness (QED) is 0.706. The number of para-hydroxylation sites is 1. The van der Waals surface area contributed by atoms with E-state index in [1.807, 2.05) is 48.5 Å². The number of nitrogens with zero attached hydrogens (tertiary/aromatic N) is 1. The van der Waals surface area contributed by atoms with Gasteiger partial charge in [0.15, 0.2) is 0 Å². The van der Waals surface area contributed by atoms with Crippen LogP contribution in [0.5, 0.6) is 0 Å². The summed E-state index contributed by atoms with van der Waals surface area (Å²) in [7, 11) is 0. The van der Waals surface area contributed by atoms with Crippen LogP contribution in [0.3, 0.4) is 0 Å². The zero-order valence-corrected chi connectivity index (χ0v) is 16.3. The highest BCUT2D eigenvalue weighted by Gasteiger charge is 2.22. The molecule has 0 fully saturated rings. The van der Waals surface area contributed by atoms with Gasteiger partial charge in [-0.25, -0.2) is 4.79 Å². The molecule has 0 aliphatic rings. The number of fused-ring (bicyclic) bond motifs is 1. The van der Waals surface area contributed by atoms with E-state index in [0.29, 0.717) is 5.56 Å². The maximum atomic E-state index is 12.6. The number of carboxylic acids is 1. The highest BCUT2D eigenvalue weighted by atomic mass is 16.4. The second-order valence-corrected chi connectivity index (χ2v) is 7.93. The molecule has 3 aromatic rings. The second kappa shape index (κ2) is 7.80. The Bertz CT molecular complexity index is 1000. The standard InChI is InChI=1S/C23H24N2O3/c1-23(2,3)18-10-8-15(9-11-18)12-20(22(27)28)25-21(26)17-13-16-6-4-5-7-19(16)24-14-17/h4-11,13-14,20H,12H2,1-3H3,(H,25,26)(H,27,28)/t20-/m1/s1. The number of aliphatic carboxylic acids is 1. The number of rotatable bonds is 5. The summed E-state index contributed by atoms with van der Waals surface area (Å²) in [6, 6.07) is 16.0. The summed E-state index contributed by atoms with van der Waals surface area (Å²) in [5, 5.41) is 13.0. The lowest BCUT2D eigenvalue weighted by molar-refractivity contribution is -0.139. The van der Waals surface area contributed by atoms with E-state index in [1.54, 1.807) is 6.07 Å². The van der Waals surface area contributed by atoms with Gasteiger partial charge in [-0.3, -0.25) is 9.78 Å². The average molecular weight is 376 g/mol. The molecule has 5 heteroatoms. The number of benzene rings is 2. The second-order valence-electron chi connectivity index (χ2n) is 7.93. The van der Waals surface area contributed by atoms with Gasteiger partial charge in [0.1, 0.15) is 6.04 Å². The molecule has 1 aromatic heterocycles. The van der Waals surface area contributed by atoms with Gasteiger partial charge in [0.05, 0.1) is 11.1 Å². The number of carbonyl (C=O) groups excluding carboxylic acids is 1. The van der Waals surface area contributed by atoms with Crippen LogP contribution in [0.1, 0.15) is 42.3 Å². The molecule has 2 N–H and O–H groups in total. The maximum absolute atomic E-state index is 12.6. The van der Waals surface area contributed by atoms with Crippen molar-refractivity contribution < 1.29 is 14.7 Å². The topological polar surface area (TPSA) is 79.3 Å². The van der Waals surface area contributed by atoms with Gasteiger partial charge in [-0.05, 0) is 28.7 Å². The van der Waals surface area contributed by atoms with Crippen LogP contribution in [0.4, 0.5) is 0 Å². The van der Waals surface area contributed by atoms with Crippen molar-refractivity contribution in [2.24, 2.45) is 0 Å². The van der Waals surface area contributed by atoms with E-state index in [4.69, 9.17) is 0 Å². The first-order valence-electron chi connectivity index (χ1n) is 9.22. The maximum Gasteiger partial charge on any atom is 0.326 e. The van der Waals surface area contributed by atoms with E-state index in [2.05, 4.69) is 31.1 Å². The van der Waals surface area contributed by atoms with Crippen LogP contribution in [0.2, 0.25) is 0 Å². The van der Waals surface area contributed by atoms with Crippen molar-refractivity contribution in [1.29, 1.82) is 0 Å². The molecule has 28 heavy (non-hydrogen) atoms. The van der Waals surface area contributed by atoms with Gasteiger partial charge in [0.2, 0.25) is 0 Å². The van der Waals surface area contributed by atoms with E-state index in [0.717, 1.165) is 16.5 Å². The zero-order chi connectivity index (χ0) is 20.3. The van der Waals surface area contributed by atoms with Crippen LogP contribution >= 0.6 is 0 Å². The molecule has 0 aliphatic heterocycles. The van der Waals surface area contributed by atoms with Crippen LogP contribution in [0, 0.1) is 0 Å². The molecule has 1 atom stereocenters. The Labute approximate surface area is 164 Å². The van der Waals surface area contributed by atoms with Gasteiger partial charge < -0.3 is 10.4 Å². The summed E-state index contributed by atoms with van der Waals surface area (Å²) in [5.74, 6) is -1.51. The van der Waals surface area contributed by atoms with E-state index in [-0.39, 0.29) is 11.8 Å². The number of aromatic nitrogens is 1. The Hall–Kier alpha value is -3.21. The Morgan fingerprint density at radius 2 is 1.75 bits per heavy atom. The minimum atomic E-state index is -1.07. The van der Waals surface area contributed by atoms with E-state index in [1.165, 1.54) is 11.8 Å². The fraction of sp³-hybridized carbons (Fsp3) is 0.261. The summed E-state index contributed by atoms with van der Waals surface area (Å²) < 4.78 is 0. The highest BCUT2D eigenvalue weighted by Crippen LogP contribution is 2.22. The number of carbonyl (C=O) groups is 2. The van der Waals surface area contributed by atoms with Crippen molar-refractivity contribution in [3.8, 4) is 0 Å². The molecule has 0 spiro atoms. The van der Waals surface area contributed by atoms with E-state index < -0.39 is 17.9 Å². The smallest absolute Gasteiger partial charge is 0.326 e. The van der Waals surface area contributed by atoms with Crippen molar-refractivity contribution in [3.63, 3.8) is 0 Å². The van der Waals surface area contributed by atoms with E-state index in [9.17, 15) is 14.7 Å². The Kier molecular flexibility index (Phi) is 5.45. The Balaban J connectivity index is 1.75. The third kappa shape index (κ3) is 4.55. The molecule has 0 saturated heterocycles. The van der Waals surface area contributed by atoms with Crippen molar-refractivity contribution in [1.82, 2.24) is 10.3 Å². The number of hydrogen-bond donors (Lipinski definition) is 2. The fourth-order valence-corrected chi connectivity index (χ4v) is 3.01. The lowest BCUT2D eigenvalue weighted by Crippen LogP contribution is -2.42. The molecule has 1 heterocycles. The van der Waals surface area contributed by atoms with Gasteiger partial charge in [-0.15, -0.1) is 0 Å². The molecule has 2 aromatic carbocycles. The van der Waals surface area contributed by atoms with Crippen LogP contribution in [-0.2, 0) is 16.6 Å². The molecule has 5 nitrogen and oxygen atoms in total. The van der Waals surface area contributed by atoms with Crippen molar-refractivity contribution in [3.05, 3.63) is 77.5 Å². The Morgan fingerprint density at radius 1 is 1.07 bits per heavy atom. The van der Waals surface area contributed by atoms with Gasteiger partial charge in [0.25, 0.3) is 5.91 Å². The number of amides is 1. The number of hydrogen-bond acceptors (Lipinski definition) is 3. The zero-order valence-electron chi connectivity index (χ0n) is 16.3. The predicted molar refractivity (Wildman–Crippen MR) is 109 cm³/mol. The van der Waals surface area contributed by atoms with Crippen LogP contribution in [-0.4, -0.2) is 28.0 Å². The monoisotopic (exact) mass is 376 g/mol. The molecular formula is C23H24N2O3. The first-order valence-corrected chi connectivity index (χ1v) is 9.22. The van der Waals surface area contributed by atoms with Crippen molar-refractivity contribution >= 4 is 22.8 Å². The Morgan fingerprint density at radius 3 is 2.39 bits per heavy atom. The first kappa shape index (κ1) is 19.5. The SMILES string of the molecule is CC(C)(C)c1ccc(C[C@@H](NC(=O)c2cnc3ccccc3c2)C(=O)O)cc1. The number of nitrogens with one attached hydrogen (secondary N) is 1. The molecule has 0 aliphatic carbocycles. The molecule has 0 saturated carbocycles. The van der Waals surface area contributed by atoms with Crippen molar-refractivity contribution in [2.45, 2.75) is 38.6 Å². The molecular weight excluding hydrogens is 352 g/mol. The molecule has 0 unspecified atom stereocenters. The lowest BCUT2D eigenvalue weighted by Gasteiger charge is -2.20. The summed E-state index contributed by atoms with van der Waals surface area (Å²) in [4.78, 5) is 28.5. The van der Waals surface area contributed by atoms with Gasteiger partial charge >= 0.3 is 5.97 Å². The number of pyridine rings is 1. The van der Waals surface area contributed by atoms with E-state index >= 15 is 0 Å². The van der Waals surface area contributed by atoms with Gasteiger partial charge in [0, 0.05) is 18.0 Å². The highest BCUT2D eigenvalue weighted by molar-refractivity contribution is 5.99. The summed E-state index contributed by atoms with van der Waals surface area (Å²) >= 11 is 0. The van der Waals surface area contributed by atoms with Crippen LogP contribution in [0.15, 0.2) is 60.8 Å². The molecule has 1 amide bonds. The first-order chi connectivity index (χ1) is 13.2. The molecule has 144 valence electrons. The van der Waals surface area contributed by atoms with Gasteiger partial charge in [-0.2, -0.15) is 0 Å². The average Bonchev–Trinajstić information content (AvgIpc) is 2.66. The number of carboxylic acid groups (broad SMARTS) is 1. The van der Waals surface area contributed by atoms with Crippen LogP contribution < -0.4 is 5.32 Å². The summed E-state index contributed by atoms with van der Waals surface area (Å²) in [6.07, 6.45) is 1.68.